The van der Waals surface area contributed by atoms with Gasteiger partial charge < -0.3 is 10.1 Å². The van der Waals surface area contributed by atoms with Crippen LogP contribution in [0.5, 0.6) is 5.88 Å². The molecule has 0 unspecified atom stereocenters. The zero-order chi connectivity index (χ0) is 10.4. The first-order valence-corrected chi connectivity index (χ1v) is 5.04. The minimum atomic E-state index is 0.638. The van der Waals surface area contributed by atoms with E-state index in [0.29, 0.717) is 5.88 Å². The lowest BCUT2D eigenvalue weighted by Crippen LogP contribution is -2.14. The Morgan fingerprint density at radius 2 is 2.43 bits per heavy atom. The molecular formula is C10H13BrN2O. The van der Waals surface area contributed by atoms with Crippen molar-refractivity contribution in [2.75, 3.05) is 13.7 Å². The quantitative estimate of drug-likeness (QED) is 0.877. The number of pyridine rings is 1. The van der Waals surface area contributed by atoms with Gasteiger partial charge in [0.1, 0.15) is 0 Å². The third-order valence-corrected chi connectivity index (χ3v) is 1.93. The number of nitrogens with one attached hydrogen (secondary N) is 1. The van der Waals surface area contributed by atoms with Crippen molar-refractivity contribution < 1.29 is 4.74 Å². The first kappa shape index (κ1) is 11.2. The van der Waals surface area contributed by atoms with E-state index in [9.17, 15) is 0 Å². The zero-order valence-corrected chi connectivity index (χ0v) is 9.67. The number of methoxy groups -OCH3 is 1. The van der Waals surface area contributed by atoms with Gasteiger partial charge in [-0.1, -0.05) is 28.6 Å². The van der Waals surface area contributed by atoms with Crippen molar-refractivity contribution in [2.24, 2.45) is 0 Å². The fraction of sp³-hybridized carbons (Fsp3) is 0.300. The van der Waals surface area contributed by atoms with Gasteiger partial charge in [-0.15, -0.1) is 0 Å². The van der Waals surface area contributed by atoms with Crippen molar-refractivity contribution in [3.8, 4) is 5.88 Å². The molecule has 1 aromatic heterocycles. The molecule has 1 aromatic rings. The molecule has 0 fully saturated rings. The number of hydrogen-bond donors (Lipinski definition) is 1. The van der Waals surface area contributed by atoms with Crippen LogP contribution in [0.2, 0.25) is 0 Å². The monoisotopic (exact) mass is 256 g/mol. The summed E-state index contributed by atoms with van der Waals surface area (Å²) < 4.78 is 5.90. The number of halogens is 1. The second kappa shape index (κ2) is 5.78. The van der Waals surface area contributed by atoms with E-state index in [2.05, 4.69) is 32.8 Å². The summed E-state index contributed by atoms with van der Waals surface area (Å²) in [5.41, 5.74) is 1.12. The van der Waals surface area contributed by atoms with E-state index in [1.165, 1.54) is 0 Å². The van der Waals surface area contributed by atoms with Crippen LogP contribution in [0.3, 0.4) is 0 Å². The van der Waals surface area contributed by atoms with E-state index in [0.717, 1.165) is 23.1 Å². The molecule has 0 bridgehead atoms. The molecule has 0 saturated carbocycles. The van der Waals surface area contributed by atoms with E-state index in [4.69, 9.17) is 4.74 Å². The van der Waals surface area contributed by atoms with Crippen LogP contribution in [0.1, 0.15) is 5.56 Å². The normalized spacial score (nSPS) is 9.86. The lowest BCUT2D eigenvalue weighted by atomic mass is 10.3. The Labute approximate surface area is 92.3 Å². The number of aromatic nitrogens is 1. The van der Waals surface area contributed by atoms with Crippen LogP contribution >= 0.6 is 15.9 Å². The van der Waals surface area contributed by atoms with Gasteiger partial charge in [-0.3, -0.25) is 0 Å². The van der Waals surface area contributed by atoms with E-state index >= 15 is 0 Å². The van der Waals surface area contributed by atoms with Crippen LogP contribution in [-0.4, -0.2) is 18.6 Å². The van der Waals surface area contributed by atoms with Crippen LogP contribution in [0.25, 0.3) is 0 Å². The highest BCUT2D eigenvalue weighted by molar-refractivity contribution is 9.11. The summed E-state index contributed by atoms with van der Waals surface area (Å²) in [5, 5.41) is 3.21. The topological polar surface area (TPSA) is 34.1 Å². The maximum absolute atomic E-state index is 4.96. The first-order valence-electron chi connectivity index (χ1n) is 4.25. The van der Waals surface area contributed by atoms with Crippen LogP contribution in [0, 0.1) is 0 Å². The van der Waals surface area contributed by atoms with Crippen LogP contribution < -0.4 is 10.1 Å². The number of nitrogens with zero attached hydrogens (tertiary/aromatic N) is 1. The molecule has 4 heteroatoms. The standard InChI is InChI=1S/C10H13BrN2O/c1-8(11)5-12-6-9-3-4-10(14-2)13-7-9/h3-4,7,12H,1,5-6H2,2H3. The van der Waals surface area contributed by atoms with E-state index < -0.39 is 0 Å². The molecule has 0 amide bonds. The largest absolute Gasteiger partial charge is 0.481 e. The Bertz CT molecular complexity index is 297. The highest BCUT2D eigenvalue weighted by Gasteiger charge is 1.95. The highest BCUT2D eigenvalue weighted by Crippen LogP contribution is 2.06. The molecule has 0 atom stereocenters. The van der Waals surface area contributed by atoms with Gasteiger partial charge >= 0.3 is 0 Å². The minimum absolute atomic E-state index is 0.638. The van der Waals surface area contributed by atoms with Crippen molar-refractivity contribution in [3.63, 3.8) is 0 Å². The van der Waals surface area contributed by atoms with Crippen molar-refractivity contribution in [1.82, 2.24) is 10.3 Å². The summed E-state index contributed by atoms with van der Waals surface area (Å²) in [6.45, 7) is 5.27. The van der Waals surface area contributed by atoms with Crippen LogP contribution in [0.4, 0.5) is 0 Å². The third kappa shape index (κ3) is 3.89. The van der Waals surface area contributed by atoms with Gasteiger partial charge in [0, 0.05) is 29.8 Å². The predicted octanol–water partition coefficient (Wildman–Crippen LogP) is 2.09. The maximum atomic E-state index is 4.96. The zero-order valence-electron chi connectivity index (χ0n) is 8.09. The Balaban J connectivity index is 2.40. The van der Waals surface area contributed by atoms with Gasteiger partial charge in [0.05, 0.1) is 7.11 Å². The van der Waals surface area contributed by atoms with Crippen molar-refractivity contribution in [3.05, 3.63) is 35.0 Å². The molecule has 0 radical (unpaired) electrons. The molecule has 1 heterocycles. The number of hydrogen-bond acceptors (Lipinski definition) is 3. The van der Waals surface area contributed by atoms with Gasteiger partial charge in [-0.05, 0) is 5.56 Å². The van der Waals surface area contributed by atoms with Gasteiger partial charge in [-0.2, -0.15) is 0 Å². The Morgan fingerprint density at radius 3 is 2.93 bits per heavy atom. The Morgan fingerprint density at radius 1 is 1.64 bits per heavy atom. The van der Waals surface area contributed by atoms with Gasteiger partial charge in [0.15, 0.2) is 0 Å². The summed E-state index contributed by atoms with van der Waals surface area (Å²) in [5.74, 6) is 0.638. The fourth-order valence-electron chi connectivity index (χ4n) is 0.979. The lowest BCUT2D eigenvalue weighted by Gasteiger charge is -2.04. The van der Waals surface area contributed by atoms with E-state index in [-0.39, 0.29) is 0 Å². The molecule has 0 aliphatic rings. The van der Waals surface area contributed by atoms with Crippen LogP contribution in [-0.2, 0) is 6.54 Å². The minimum Gasteiger partial charge on any atom is -0.481 e. The number of rotatable bonds is 5. The van der Waals surface area contributed by atoms with E-state index in [1.54, 1.807) is 13.3 Å². The van der Waals surface area contributed by atoms with Crippen molar-refractivity contribution >= 4 is 15.9 Å². The molecular weight excluding hydrogens is 244 g/mol. The van der Waals surface area contributed by atoms with Gasteiger partial charge in [0.2, 0.25) is 5.88 Å². The average Bonchev–Trinajstić information content (AvgIpc) is 2.18. The molecule has 1 N–H and O–H groups in total. The lowest BCUT2D eigenvalue weighted by molar-refractivity contribution is 0.397. The molecule has 0 aromatic carbocycles. The maximum Gasteiger partial charge on any atom is 0.212 e. The smallest absolute Gasteiger partial charge is 0.212 e. The molecule has 3 nitrogen and oxygen atoms in total. The average molecular weight is 257 g/mol. The third-order valence-electron chi connectivity index (χ3n) is 1.65. The molecule has 0 spiro atoms. The van der Waals surface area contributed by atoms with Crippen LogP contribution in [0.15, 0.2) is 29.4 Å². The first-order chi connectivity index (χ1) is 6.72. The Kier molecular flexibility index (Phi) is 4.62. The fourth-order valence-corrected chi connectivity index (χ4v) is 1.18. The number of ether oxygens (including phenoxy) is 1. The molecule has 0 saturated heterocycles. The summed E-state index contributed by atoms with van der Waals surface area (Å²) >= 11 is 3.28. The second-order valence-electron chi connectivity index (χ2n) is 2.83. The van der Waals surface area contributed by atoms with Crippen molar-refractivity contribution in [2.45, 2.75) is 6.54 Å². The summed E-state index contributed by atoms with van der Waals surface area (Å²) in [4.78, 5) is 4.10. The molecule has 14 heavy (non-hydrogen) atoms. The van der Waals surface area contributed by atoms with E-state index in [1.807, 2.05) is 12.1 Å². The second-order valence-corrected chi connectivity index (χ2v) is 3.95. The molecule has 1 rings (SSSR count). The highest BCUT2D eigenvalue weighted by atomic mass is 79.9. The summed E-state index contributed by atoms with van der Waals surface area (Å²) in [6.07, 6.45) is 1.79. The molecule has 76 valence electrons. The Hall–Kier alpha value is -0.870. The SMILES string of the molecule is C=C(Br)CNCc1ccc(OC)nc1. The van der Waals surface area contributed by atoms with Crippen molar-refractivity contribution in [1.29, 1.82) is 0 Å². The molecule has 0 aliphatic heterocycles. The summed E-state index contributed by atoms with van der Waals surface area (Å²) in [7, 11) is 1.61. The van der Waals surface area contributed by atoms with Gasteiger partial charge in [0.25, 0.3) is 0 Å². The predicted molar refractivity (Wildman–Crippen MR) is 60.6 cm³/mol. The summed E-state index contributed by atoms with van der Waals surface area (Å²) in [6, 6.07) is 3.83. The molecule has 0 aliphatic carbocycles. The van der Waals surface area contributed by atoms with Gasteiger partial charge in [-0.25, -0.2) is 4.98 Å².